The van der Waals surface area contributed by atoms with Crippen LogP contribution in [0.5, 0.6) is 0 Å². The quantitative estimate of drug-likeness (QED) is 0.832. The van der Waals surface area contributed by atoms with Gasteiger partial charge in [-0.15, -0.1) is 0 Å². The van der Waals surface area contributed by atoms with E-state index in [9.17, 15) is 0 Å². The summed E-state index contributed by atoms with van der Waals surface area (Å²) in [5.74, 6) is 0.679. The maximum Gasteiger partial charge on any atom is 0.0306 e. The Labute approximate surface area is 110 Å². The predicted molar refractivity (Wildman–Crippen MR) is 79.7 cm³/mol. The molecule has 0 radical (unpaired) electrons. The van der Waals surface area contributed by atoms with E-state index in [0.717, 1.165) is 6.42 Å². The lowest BCUT2D eigenvalue weighted by Crippen LogP contribution is -2.15. The normalized spacial score (nSPS) is 14.7. The first-order valence-electron chi connectivity index (χ1n) is 6.87. The van der Waals surface area contributed by atoms with Crippen LogP contribution in [-0.2, 0) is 0 Å². The van der Waals surface area contributed by atoms with Crippen LogP contribution in [-0.4, -0.2) is 0 Å². The van der Waals surface area contributed by atoms with Gasteiger partial charge in [0, 0.05) is 6.04 Å². The molecule has 0 aliphatic carbocycles. The van der Waals surface area contributed by atoms with Crippen LogP contribution in [0.1, 0.15) is 43.9 Å². The average Bonchev–Trinajstić information content (AvgIpc) is 2.38. The van der Waals surface area contributed by atoms with Crippen molar-refractivity contribution in [1.82, 2.24) is 0 Å². The molecule has 2 aromatic carbocycles. The van der Waals surface area contributed by atoms with E-state index in [1.54, 1.807) is 0 Å². The largest absolute Gasteiger partial charge is 0.324 e. The van der Waals surface area contributed by atoms with E-state index < -0.39 is 0 Å². The number of hydrogen-bond acceptors (Lipinski definition) is 1. The third-order valence-electron chi connectivity index (χ3n) is 3.91. The molecular weight excluding hydrogens is 218 g/mol. The second-order valence-electron chi connectivity index (χ2n) is 5.37. The SMILES string of the molecule is CCC(C)CC(N)c1c(C)ccc2ccccc12. The maximum absolute atomic E-state index is 6.44. The molecule has 0 aromatic heterocycles. The van der Waals surface area contributed by atoms with Crippen molar-refractivity contribution in [3.05, 3.63) is 47.5 Å². The molecule has 0 saturated heterocycles. The summed E-state index contributed by atoms with van der Waals surface area (Å²) in [4.78, 5) is 0. The van der Waals surface area contributed by atoms with E-state index in [2.05, 4.69) is 57.2 Å². The fraction of sp³-hybridized carbons (Fsp3) is 0.412. The Bertz CT molecular complexity index is 530. The smallest absolute Gasteiger partial charge is 0.0306 e. The molecule has 0 fully saturated rings. The zero-order valence-corrected chi connectivity index (χ0v) is 11.6. The second-order valence-corrected chi connectivity index (χ2v) is 5.37. The van der Waals surface area contributed by atoms with E-state index in [4.69, 9.17) is 5.73 Å². The Morgan fingerprint density at radius 3 is 2.56 bits per heavy atom. The molecule has 0 spiro atoms. The number of benzene rings is 2. The Balaban J connectivity index is 2.45. The third-order valence-corrected chi connectivity index (χ3v) is 3.91. The summed E-state index contributed by atoms with van der Waals surface area (Å²) < 4.78 is 0. The Morgan fingerprint density at radius 1 is 1.11 bits per heavy atom. The summed E-state index contributed by atoms with van der Waals surface area (Å²) in [6, 6.07) is 13.1. The molecule has 2 atom stereocenters. The Morgan fingerprint density at radius 2 is 1.83 bits per heavy atom. The lowest BCUT2D eigenvalue weighted by atomic mass is 9.89. The summed E-state index contributed by atoms with van der Waals surface area (Å²) in [6.07, 6.45) is 2.25. The first-order chi connectivity index (χ1) is 8.63. The van der Waals surface area contributed by atoms with Crippen molar-refractivity contribution in [2.75, 3.05) is 0 Å². The van der Waals surface area contributed by atoms with Gasteiger partial charge in [-0.05, 0) is 41.2 Å². The molecule has 1 nitrogen and oxygen atoms in total. The highest BCUT2D eigenvalue weighted by molar-refractivity contribution is 5.87. The molecule has 0 bridgehead atoms. The number of aryl methyl sites for hydroxylation is 1. The van der Waals surface area contributed by atoms with Gasteiger partial charge >= 0.3 is 0 Å². The average molecular weight is 241 g/mol. The fourth-order valence-corrected chi connectivity index (χ4v) is 2.61. The van der Waals surface area contributed by atoms with Crippen molar-refractivity contribution in [2.45, 2.75) is 39.7 Å². The molecule has 0 saturated carbocycles. The molecule has 2 unspecified atom stereocenters. The van der Waals surface area contributed by atoms with Gasteiger partial charge in [0.25, 0.3) is 0 Å². The van der Waals surface area contributed by atoms with Gasteiger partial charge in [-0.3, -0.25) is 0 Å². The Hall–Kier alpha value is -1.34. The molecule has 0 heterocycles. The van der Waals surface area contributed by atoms with Gasteiger partial charge in [0.05, 0.1) is 0 Å². The third kappa shape index (κ3) is 2.56. The zero-order chi connectivity index (χ0) is 13.1. The zero-order valence-electron chi connectivity index (χ0n) is 11.6. The fourth-order valence-electron chi connectivity index (χ4n) is 2.61. The molecule has 1 heteroatoms. The van der Waals surface area contributed by atoms with Gasteiger partial charge in [-0.1, -0.05) is 56.7 Å². The number of hydrogen-bond donors (Lipinski definition) is 1. The number of nitrogens with two attached hydrogens (primary N) is 1. The minimum atomic E-state index is 0.144. The van der Waals surface area contributed by atoms with Crippen molar-refractivity contribution in [2.24, 2.45) is 11.7 Å². The van der Waals surface area contributed by atoms with E-state index in [-0.39, 0.29) is 6.04 Å². The first-order valence-corrected chi connectivity index (χ1v) is 6.87. The van der Waals surface area contributed by atoms with Crippen LogP contribution in [0.4, 0.5) is 0 Å². The molecule has 18 heavy (non-hydrogen) atoms. The lowest BCUT2D eigenvalue weighted by molar-refractivity contribution is 0.462. The van der Waals surface area contributed by atoms with Gasteiger partial charge in [0.1, 0.15) is 0 Å². The van der Waals surface area contributed by atoms with Gasteiger partial charge < -0.3 is 5.73 Å². The van der Waals surface area contributed by atoms with Crippen LogP contribution < -0.4 is 5.73 Å². The summed E-state index contributed by atoms with van der Waals surface area (Å²) >= 11 is 0. The van der Waals surface area contributed by atoms with Crippen molar-refractivity contribution < 1.29 is 0 Å². The minimum absolute atomic E-state index is 0.144. The monoisotopic (exact) mass is 241 g/mol. The second kappa shape index (κ2) is 5.53. The Kier molecular flexibility index (Phi) is 4.03. The minimum Gasteiger partial charge on any atom is -0.324 e. The highest BCUT2D eigenvalue weighted by Crippen LogP contribution is 2.30. The van der Waals surface area contributed by atoms with Crippen molar-refractivity contribution in [1.29, 1.82) is 0 Å². The van der Waals surface area contributed by atoms with Crippen LogP contribution in [0.15, 0.2) is 36.4 Å². The first kappa shape index (κ1) is 13.1. The van der Waals surface area contributed by atoms with E-state index in [1.807, 2.05) is 0 Å². The van der Waals surface area contributed by atoms with Crippen LogP contribution in [0.25, 0.3) is 10.8 Å². The number of rotatable bonds is 4. The highest BCUT2D eigenvalue weighted by atomic mass is 14.6. The topological polar surface area (TPSA) is 26.0 Å². The summed E-state index contributed by atoms with van der Waals surface area (Å²) in [5, 5.41) is 2.60. The summed E-state index contributed by atoms with van der Waals surface area (Å²) in [6.45, 7) is 6.67. The number of fused-ring (bicyclic) bond motifs is 1. The summed E-state index contributed by atoms with van der Waals surface area (Å²) in [5.41, 5.74) is 9.08. The van der Waals surface area contributed by atoms with E-state index in [1.165, 1.54) is 28.3 Å². The lowest BCUT2D eigenvalue weighted by Gasteiger charge is -2.20. The van der Waals surface area contributed by atoms with E-state index in [0.29, 0.717) is 5.92 Å². The molecular formula is C17H23N. The predicted octanol–water partition coefficient (Wildman–Crippen LogP) is 4.58. The molecule has 2 N–H and O–H groups in total. The van der Waals surface area contributed by atoms with Crippen molar-refractivity contribution >= 4 is 10.8 Å². The molecule has 2 aromatic rings. The standard InChI is InChI=1S/C17H23N/c1-4-12(2)11-16(18)17-13(3)9-10-14-7-5-6-8-15(14)17/h5-10,12,16H,4,11,18H2,1-3H3. The maximum atomic E-state index is 6.44. The van der Waals surface area contributed by atoms with Gasteiger partial charge in [0.2, 0.25) is 0 Å². The summed E-state index contributed by atoms with van der Waals surface area (Å²) in [7, 11) is 0. The van der Waals surface area contributed by atoms with E-state index >= 15 is 0 Å². The highest BCUT2D eigenvalue weighted by Gasteiger charge is 2.14. The van der Waals surface area contributed by atoms with Gasteiger partial charge in [-0.25, -0.2) is 0 Å². The molecule has 0 aliphatic heterocycles. The van der Waals surface area contributed by atoms with Crippen LogP contribution in [0.2, 0.25) is 0 Å². The molecule has 2 rings (SSSR count). The molecule has 0 aliphatic rings. The van der Waals surface area contributed by atoms with Gasteiger partial charge in [-0.2, -0.15) is 0 Å². The van der Waals surface area contributed by atoms with Crippen molar-refractivity contribution in [3.8, 4) is 0 Å². The van der Waals surface area contributed by atoms with Gasteiger partial charge in [0.15, 0.2) is 0 Å². The molecule has 96 valence electrons. The molecule has 0 amide bonds. The van der Waals surface area contributed by atoms with Crippen molar-refractivity contribution in [3.63, 3.8) is 0 Å². The van der Waals surface area contributed by atoms with Crippen LogP contribution >= 0.6 is 0 Å². The van der Waals surface area contributed by atoms with Crippen LogP contribution in [0.3, 0.4) is 0 Å². The van der Waals surface area contributed by atoms with Crippen LogP contribution in [0, 0.1) is 12.8 Å².